The Labute approximate surface area is 338 Å². The molecular weight excluding hydrogens is 733 g/mol. The van der Waals surface area contributed by atoms with Crippen molar-refractivity contribution in [2.24, 2.45) is 0 Å². The van der Waals surface area contributed by atoms with Crippen LogP contribution in [0.4, 0.5) is 11.4 Å². The lowest BCUT2D eigenvalue weighted by Gasteiger charge is -2.30. The summed E-state index contributed by atoms with van der Waals surface area (Å²) < 4.78 is 21.4. The number of hydrogen-bond donors (Lipinski definition) is 2. The number of esters is 2. The van der Waals surface area contributed by atoms with Crippen LogP contribution in [0.5, 0.6) is 0 Å². The van der Waals surface area contributed by atoms with Crippen molar-refractivity contribution in [3.8, 4) is 0 Å². The Balaban J connectivity index is 0.000000177. The van der Waals surface area contributed by atoms with Crippen LogP contribution in [0.1, 0.15) is 28.4 Å². The molecule has 2 heterocycles. The summed E-state index contributed by atoms with van der Waals surface area (Å²) >= 11 is 0. The van der Waals surface area contributed by atoms with Gasteiger partial charge in [0.25, 0.3) is 0 Å². The van der Waals surface area contributed by atoms with Crippen LogP contribution in [0, 0.1) is 0 Å². The summed E-state index contributed by atoms with van der Waals surface area (Å²) in [6.45, 7) is 6.54. The molecule has 0 spiro atoms. The second-order valence-corrected chi connectivity index (χ2v) is 14.0. The van der Waals surface area contributed by atoms with Gasteiger partial charge < -0.3 is 39.0 Å². The fourth-order valence-electron chi connectivity index (χ4n) is 7.22. The molecule has 2 aliphatic rings. The van der Waals surface area contributed by atoms with Crippen molar-refractivity contribution in [2.75, 3.05) is 62.4 Å². The number of carbonyl (C=O) groups is 2. The van der Waals surface area contributed by atoms with Gasteiger partial charge in [-0.25, -0.2) is 9.59 Å². The fraction of sp³-hybridized carbons (Fsp3) is 0.250. The van der Waals surface area contributed by atoms with Gasteiger partial charge >= 0.3 is 11.9 Å². The summed E-state index contributed by atoms with van der Waals surface area (Å²) in [4.78, 5) is 29.0. The van der Waals surface area contributed by atoms with Crippen LogP contribution in [-0.2, 0) is 41.8 Å². The number of fused-ring (bicyclic) bond motifs is 2. The summed E-state index contributed by atoms with van der Waals surface area (Å²) in [5.74, 6) is -1.20. The summed E-state index contributed by atoms with van der Waals surface area (Å²) in [5, 5.41) is 25.3. The minimum atomic E-state index is -1.67. The molecule has 2 saturated heterocycles. The molecule has 0 radical (unpaired) electrons. The van der Waals surface area contributed by atoms with E-state index in [4.69, 9.17) is 18.9 Å². The molecule has 0 bridgehead atoms. The van der Waals surface area contributed by atoms with Crippen molar-refractivity contribution in [1.82, 2.24) is 0 Å². The highest BCUT2D eigenvalue weighted by Crippen LogP contribution is 2.34. The smallest absolute Gasteiger partial charge is 0.338 e. The minimum Gasteiger partial charge on any atom is -0.459 e. The van der Waals surface area contributed by atoms with E-state index in [0.29, 0.717) is 18.8 Å². The van der Waals surface area contributed by atoms with Crippen LogP contribution in [0.15, 0.2) is 140 Å². The average molecular weight is 781 g/mol. The molecule has 58 heavy (non-hydrogen) atoms. The minimum absolute atomic E-state index is 0.0418. The first-order chi connectivity index (χ1) is 28.5. The second-order valence-electron chi connectivity index (χ2n) is 14.0. The van der Waals surface area contributed by atoms with Crippen molar-refractivity contribution in [2.45, 2.75) is 25.4 Å². The third-order valence-corrected chi connectivity index (χ3v) is 10.3. The van der Waals surface area contributed by atoms with Gasteiger partial charge in [-0.1, -0.05) is 121 Å². The van der Waals surface area contributed by atoms with Crippen LogP contribution in [0.25, 0.3) is 27.6 Å². The number of aliphatic hydroxyl groups excluding tert-OH is 2. The van der Waals surface area contributed by atoms with Crippen LogP contribution < -0.4 is 9.80 Å². The molecule has 2 N–H and O–H groups in total. The van der Waals surface area contributed by atoms with E-state index in [1.165, 1.54) is 17.1 Å². The van der Waals surface area contributed by atoms with Gasteiger partial charge in [0, 0.05) is 54.4 Å². The Hall–Kier alpha value is -6.04. The summed E-state index contributed by atoms with van der Waals surface area (Å²) in [5.41, 5.74) is 5.54. The number of ether oxygens (including phenoxy) is 4. The molecule has 298 valence electrons. The Kier molecular flexibility index (Phi) is 13.8. The number of aliphatic hydroxyl groups is 2. The largest absolute Gasteiger partial charge is 0.459 e. The lowest BCUT2D eigenvalue weighted by atomic mass is 9.95. The third kappa shape index (κ3) is 10.1. The van der Waals surface area contributed by atoms with E-state index in [0.717, 1.165) is 77.9 Å². The van der Waals surface area contributed by atoms with E-state index in [1.807, 2.05) is 109 Å². The van der Waals surface area contributed by atoms with Crippen molar-refractivity contribution in [3.63, 3.8) is 0 Å². The molecule has 0 aromatic heterocycles. The molecular formula is C48H48N2O8. The van der Waals surface area contributed by atoms with Gasteiger partial charge in [0.15, 0.2) is 6.10 Å². The molecule has 0 unspecified atom stereocenters. The maximum atomic E-state index is 12.3. The first kappa shape index (κ1) is 40.2. The Morgan fingerprint density at radius 1 is 0.569 bits per heavy atom. The molecule has 10 nitrogen and oxygen atoms in total. The predicted molar refractivity (Wildman–Crippen MR) is 226 cm³/mol. The van der Waals surface area contributed by atoms with Gasteiger partial charge in [-0.15, -0.1) is 0 Å². The van der Waals surface area contributed by atoms with Crippen LogP contribution in [-0.4, -0.2) is 80.9 Å². The van der Waals surface area contributed by atoms with Crippen molar-refractivity contribution < 1.29 is 38.7 Å². The van der Waals surface area contributed by atoms with E-state index in [9.17, 15) is 19.8 Å². The molecule has 0 saturated carbocycles. The van der Waals surface area contributed by atoms with E-state index in [1.54, 1.807) is 6.07 Å². The van der Waals surface area contributed by atoms with Gasteiger partial charge in [-0.2, -0.15) is 0 Å². The highest BCUT2D eigenvalue weighted by atomic mass is 16.5. The van der Waals surface area contributed by atoms with E-state index >= 15 is 0 Å². The highest BCUT2D eigenvalue weighted by molar-refractivity contribution is 6.01. The molecule has 0 aliphatic carbocycles. The third-order valence-electron chi connectivity index (χ3n) is 10.3. The van der Waals surface area contributed by atoms with Gasteiger partial charge in [0.2, 0.25) is 0 Å². The maximum absolute atomic E-state index is 12.3. The van der Waals surface area contributed by atoms with Crippen LogP contribution in [0.3, 0.4) is 0 Å². The quantitative estimate of drug-likeness (QED) is 0.103. The molecule has 2 atom stereocenters. The summed E-state index contributed by atoms with van der Waals surface area (Å²) in [6.07, 6.45) is 0.265. The summed E-state index contributed by atoms with van der Waals surface area (Å²) in [7, 11) is 0. The molecule has 10 heteroatoms. The molecule has 8 rings (SSSR count). The van der Waals surface area contributed by atoms with Gasteiger partial charge in [-0.05, 0) is 51.2 Å². The first-order valence-electron chi connectivity index (χ1n) is 19.6. The number of morpholine rings is 2. The first-order valence-corrected chi connectivity index (χ1v) is 19.6. The number of benzene rings is 6. The normalized spacial score (nSPS) is 15.4. The van der Waals surface area contributed by atoms with E-state index < -0.39 is 18.2 Å². The van der Waals surface area contributed by atoms with Crippen molar-refractivity contribution in [1.29, 1.82) is 0 Å². The topological polar surface area (TPSA) is 118 Å². The zero-order valence-electron chi connectivity index (χ0n) is 32.3. The van der Waals surface area contributed by atoms with Gasteiger partial charge in [0.05, 0.1) is 26.4 Å². The standard InChI is InChI=1S/C24H25NO5.C24H23NO3/c26-22(23(27)24(28)30-16-17-6-2-1-3-7-17)20-10-11-21(25-12-14-29-15-13-25)19-9-5-4-8-18(19)20;26-24(28-18-19-6-2-1-3-7-19)13-11-20-10-12-23(25-14-16-27-17-15-25)22-9-5-4-8-21(20)22/h1-11,22-23,26-27H,12-16H2;1-13H,14-18H2/b;13-11+/t22-,23+;/m0./s1. The Morgan fingerprint density at radius 3 is 1.60 bits per heavy atom. The zero-order chi connectivity index (χ0) is 40.1. The Morgan fingerprint density at radius 2 is 1.03 bits per heavy atom. The van der Waals surface area contributed by atoms with Crippen LogP contribution in [0.2, 0.25) is 0 Å². The van der Waals surface area contributed by atoms with Crippen molar-refractivity contribution >= 4 is 50.9 Å². The van der Waals surface area contributed by atoms with Crippen molar-refractivity contribution in [3.05, 3.63) is 162 Å². The lowest BCUT2D eigenvalue weighted by Crippen LogP contribution is -2.36. The number of carbonyl (C=O) groups excluding carboxylic acids is 2. The highest BCUT2D eigenvalue weighted by Gasteiger charge is 2.29. The molecule has 0 amide bonds. The Bertz CT molecular complexity index is 2300. The lowest BCUT2D eigenvalue weighted by molar-refractivity contribution is -0.161. The predicted octanol–water partition coefficient (Wildman–Crippen LogP) is 7.25. The number of hydrogen-bond acceptors (Lipinski definition) is 10. The van der Waals surface area contributed by atoms with Crippen LogP contribution >= 0.6 is 0 Å². The fourth-order valence-corrected chi connectivity index (χ4v) is 7.22. The summed E-state index contributed by atoms with van der Waals surface area (Å²) in [6, 6.07) is 42.8. The van der Waals surface area contributed by atoms with Gasteiger partial charge in [-0.3, -0.25) is 0 Å². The SMILES string of the molecule is O=C(/C=C/c1ccc(N2CCOCC2)c2ccccc12)OCc1ccccc1.O=C(OCc1ccccc1)[C@H](O)[C@@H](O)c1ccc(N2CCOCC2)c2ccccc12. The van der Waals surface area contributed by atoms with Gasteiger partial charge in [0.1, 0.15) is 19.3 Å². The molecule has 6 aromatic rings. The molecule has 6 aromatic carbocycles. The molecule has 2 fully saturated rings. The number of rotatable bonds is 11. The average Bonchev–Trinajstić information content (AvgIpc) is 3.30. The van der Waals surface area contributed by atoms with E-state index in [-0.39, 0.29) is 19.2 Å². The number of nitrogens with zero attached hydrogens (tertiary/aromatic N) is 2. The molecule has 2 aliphatic heterocycles. The number of anilines is 2. The zero-order valence-corrected chi connectivity index (χ0v) is 32.3. The monoisotopic (exact) mass is 780 g/mol. The second kappa shape index (κ2) is 19.9. The maximum Gasteiger partial charge on any atom is 0.338 e. The van der Waals surface area contributed by atoms with E-state index in [2.05, 4.69) is 34.1 Å².